The average molecular weight is 291 g/mol. The van der Waals surface area contributed by atoms with Gasteiger partial charge in [0.15, 0.2) is 0 Å². The maximum atomic E-state index is 12.1. The fraction of sp³-hybridized carbons (Fsp3) is 0.200. The molecule has 104 valence electrons. The zero-order valence-electron chi connectivity index (χ0n) is 11.1. The minimum Gasteiger partial charge on any atom is -0.491 e. The van der Waals surface area contributed by atoms with E-state index in [1.54, 1.807) is 24.3 Å². The van der Waals surface area contributed by atoms with Crippen LogP contribution in [0.5, 0.6) is 5.75 Å². The molecule has 20 heavy (non-hydrogen) atoms. The number of nitrogens with one attached hydrogen (secondary N) is 1. The molecule has 1 aromatic carbocycles. The second kappa shape index (κ2) is 6.91. The Morgan fingerprint density at radius 3 is 2.80 bits per heavy atom. The van der Waals surface area contributed by atoms with Gasteiger partial charge < -0.3 is 10.1 Å². The van der Waals surface area contributed by atoms with Gasteiger partial charge in [-0.05, 0) is 30.7 Å². The van der Waals surface area contributed by atoms with E-state index in [0.29, 0.717) is 18.0 Å². The summed E-state index contributed by atoms with van der Waals surface area (Å²) in [6.45, 7) is 2.62. The van der Waals surface area contributed by atoms with E-state index in [4.69, 9.17) is 16.3 Å². The molecule has 1 aromatic heterocycles. The fourth-order valence-electron chi connectivity index (χ4n) is 1.63. The number of anilines is 1. The molecule has 0 aliphatic rings. The van der Waals surface area contributed by atoms with Gasteiger partial charge in [0.05, 0.1) is 12.3 Å². The highest BCUT2D eigenvalue weighted by Gasteiger charge is 2.11. The third-order valence-corrected chi connectivity index (χ3v) is 2.76. The lowest BCUT2D eigenvalue weighted by molar-refractivity contribution is 0.102. The Balaban J connectivity index is 2.15. The lowest BCUT2D eigenvalue weighted by Crippen LogP contribution is -2.14. The SMILES string of the molecule is CCCOc1ccccc1NC(=O)c1cccc(Cl)n1. The molecule has 1 heterocycles. The molecule has 0 fully saturated rings. The molecule has 0 aliphatic heterocycles. The van der Waals surface area contributed by atoms with Crippen molar-refractivity contribution in [3.8, 4) is 5.75 Å². The van der Waals surface area contributed by atoms with E-state index in [-0.39, 0.29) is 16.8 Å². The number of benzene rings is 1. The predicted octanol–water partition coefficient (Wildman–Crippen LogP) is 3.78. The van der Waals surface area contributed by atoms with Crippen molar-refractivity contribution in [1.29, 1.82) is 0 Å². The Morgan fingerprint density at radius 2 is 2.05 bits per heavy atom. The number of rotatable bonds is 5. The molecule has 1 amide bonds. The molecule has 1 N–H and O–H groups in total. The Kier molecular flexibility index (Phi) is 4.96. The molecule has 0 saturated heterocycles. The quantitative estimate of drug-likeness (QED) is 0.853. The number of carbonyl (C=O) groups excluding carboxylic acids is 1. The number of nitrogens with zero attached hydrogens (tertiary/aromatic N) is 1. The molecule has 0 aliphatic carbocycles. The van der Waals surface area contributed by atoms with E-state index in [0.717, 1.165) is 6.42 Å². The van der Waals surface area contributed by atoms with Crippen LogP contribution in [0.25, 0.3) is 0 Å². The number of carbonyl (C=O) groups is 1. The summed E-state index contributed by atoms with van der Waals surface area (Å²) in [6.07, 6.45) is 0.901. The monoisotopic (exact) mass is 290 g/mol. The molecule has 0 unspecified atom stereocenters. The second-order valence-electron chi connectivity index (χ2n) is 4.14. The van der Waals surface area contributed by atoms with E-state index in [9.17, 15) is 4.79 Å². The van der Waals surface area contributed by atoms with Gasteiger partial charge in [0.25, 0.3) is 5.91 Å². The van der Waals surface area contributed by atoms with Crippen molar-refractivity contribution in [3.63, 3.8) is 0 Å². The first kappa shape index (κ1) is 14.3. The maximum absolute atomic E-state index is 12.1. The molecule has 0 bridgehead atoms. The average Bonchev–Trinajstić information content (AvgIpc) is 2.46. The first-order valence-corrected chi connectivity index (χ1v) is 6.74. The number of amides is 1. The van der Waals surface area contributed by atoms with Crippen LogP contribution in [0.1, 0.15) is 23.8 Å². The zero-order valence-corrected chi connectivity index (χ0v) is 11.9. The fourth-order valence-corrected chi connectivity index (χ4v) is 1.79. The van der Waals surface area contributed by atoms with Crippen molar-refractivity contribution >= 4 is 23.2 Å². The number of hydrogen-bond donors (Lipinski definition) is 1. The summed E-state index contributed by atoms with van der Waals surface area (Å²) in [4.78, 5) is 16.1. The van der Waals surface area contributed by atoms with Crippen LogP contribution in [-0.2, 0) is 0 Å². The van der Waals surface area contributed by atoms with Gasteiger partial charge in [0.1, 0.15) is 16.6 Å². The largest absolute Gasteiger partial charge is 0.491 e. The molecule has 0 spiro atoms. The van der Waals surface area contributed by atoms with E-state index in [1.165, 1.54) is 0 Å². The molecule has 2 aromatic rings. The highest BCUT2D eigenvalue weighted by atomic mass is 35.5. The third kappa shape index (κ3) is 3.71. The second-order valence-corrected chi connectivity index (χ2v) is 4.53. The van der Waals surface area contributed by atoms with Gasteiger partial charge in [0.2, 0.25) is 0 Å². The van der Waals surface area contributed by atoms with Crippen molar-refractivity contribution in [2.45, 2.75) is 13.3 Å². The highest BCUT2D eigenvalue weighted by Crippen LogP contribution is 2.24. The molecule has 5 heteroatoms. The normalized spacial score (nSPS) is 10.1. The molecule has 0 radical (unpaired) electrons. The van der Waals surface area contributed by atoms with Crippen LogP contribution >= 0.6 is 11.6 Å². The number of halogens is 1. The van der Waals surface area contributed by atoms with Crippen molar-refractivity contribution in [2.24, 2.45) is 0 Å². The lowest BCUT2D eigenvalue weighted by Gasteiger charge is -2.11. The van der Waals surface area contributed by atoms with E-state index in [2.05, 4.69) is 10.3 Å². The molecule has 2 rings (SSSR count). The summed E-state index contributed by atoms with van der Waals surface area (Å²) >= 11 is 5.78. The van der Waals surface area contributed by atoms with Gasteiger partial charge in [-0.1, -0.05) is 36.7 Å². The van der Waals surface area contributed by atoms with Crippen LogP contribution < -0.4 is 10.1 Å². The summed E-state index contributed by atoms with van der Waals surface area (Å²) in [6, 6.07) is 12.2. The van der Waals surface area contributed by atoms with Gasteiger partial charge in [-0.15, -0.1) is 0 Å². The minimum absolute atomic E-state index is 0.266. The summed E-state index contributed by atoms with van der Waals surface area (Å²) in [5, 5.41) is 3.06. The molecular weight excluding hydrogens is 276 g/mol. The Bertz CT molecular complexity index is 602. The third-order valence-electron chi connectivity index (χ3n) is 2.54. The van der Waals surface area contributed by atoms with Crippen LogP contribution in [-0.4, -0.2) is 17.5 Å². The summed E-state index contributed by atoms with van der Waals surface area (Å²) in [5.41, 5.74) is 0.885. The Hall–Kier alpha value is -2.07. The number of hydrogen-bond acceptors (Lipinski definition) is 3. The lowest BCUT2D eigenvalue weighted by atomic mass is 10.2. The van der Waals surface area contributed by atoms with E-state index >= 15 is 0 Å². The van der Waals surface area contributed by atoms with Crippen LogP contribution in [0.4, 0.5) is 5.69 Å². The van der Waals surface area contributed by atoms with Crippen LogP contribution in [0.2, 0.25) is 5.15 Å². The van der Waals surface area contributed by atoms with Gasteiger partial charge in [-0.25, -0.2) is 4.98 Å². The van der Waals surface area contributed by atoms with Crippen LogP contribution in [0, 0.1) is 0 Å². The maximum Gasteiger partial charge on any atom is 0.274 e. The highest BCUT2D eigenvalue weighted by molar-refractivity contribution is 6.29. The number of ether oxygens (including phenoxy) is 1. The minimum atomic E-state index is -0.319. The Labute approximate surface area is 122 Å². The molecule has 0 atom stereocenters. The number of aromatic nitrogens is 1. The number of pyridine rings is 1. The Morgan fingerprint density at radius 1 is 1.25 bits per heavy atom. The zero-order chi connectivity index (χ0) is 14.4. The van der Waals surface area contributed by atoms with Gasteiger partial charge in [-0.3, -0.25) is 4.79 Å². The summed E-state index contributed by atoms with van der Waals surface area (Å²) in [5.74, 6) is 0.324. The van der Waals surface area contributed by atoms with Crippen molar-refractivity contribution in [3.05, 3.63) is 53.3 Å². The topological polar surface area (TPSA) is 51.2 Å². The smallest absolute Gasteiger partial charge is 0.274 e. The predicted molar refractivity (Wildman–Crippen MR) is 79.4 cm³/mol. The standard InChI is InChI=1S/C15H15ClN2O2/c1-2-10-20-13-8-4-3-6-11(13)18-15(19)12-7-5-9-14(16)17-12/h3-9H,2,10H2,1H3,(H,18,19). The molecule has 4 nitrogen and oxygen atoms in total. The number of para-hydroxylation sites is 2. The van der Waals surface area contributed by atoms with Gasteiger partial charge >= 0.3 is 0 Å². The van der Waals surface area contributed by atoms with Crippen LogP contribution in [0.15, 0.2) is 42.5 Å². The van der Waals surface area contributed by atoms with E-state index < -0.39 is 0 Å². The molecule has 0 saturated carbocycles. The van der Waals surface area contributed by atoms with E-state index in [1.807, 2.05) is 25.1 Å². The van der Waals surface area contributed by atoms with Gasteiger partial charge in [0, 0.05) is 0 Å². The summed E-state index contributed by atoms with van der Waals surface area (Å²) < 4.78 is 5.59. The first-order chi connectivity index (χ1) is 9.70. The van der Waals surface area contributed by atoms with Crippen molar-refractivity contribution in [1.82, 2.24) is 4.98 Å². The summed E-state index contributed by atoms with van der Waals surface area (Å²) in [7, 11) is 0. The van der Waals surface area contributed by atoms with Gasteiger partial charge in [-0.2, -0.15) is 0 Å². The van der Waals surface area contributed by atoms with Crippen molar-refractivity contribution < 1.29 is 9.53 Å². The van der Waals surface area contributed by atoms with Crippen LogP contribution in [0.3, 0.4) is 0 Å². The first-order valence-electron chi connectivity index (χ1n) is 6.36. The van der Waals surface area contributed by atoms with Crippen molar-refractivity contribution in [2.75, 3.05) is 11.9 Å². The molecular formula is C15H15ClN2O2.